The first-order valence-electron chi connectivity index (χ1n) is 8.13. The second kappa shape index (κ2) is 7.77. The van der Waals surface area contributed by atoms with Gasteiger partial charge in [-0.25, -0.2) is 9.37 Å². The summed E-state index contributed by atoms with van der Waals surface area (Å²) in [5.41, 5.74) is 0.644. The van der Waals surface area contributed by atoms with E-state index >= 15 is 0 Å². The number of hydrogen-bond acceptors (Lipinski definition) is 3. The molecule has 0 bridgehead atoms. The fourth-order valence-electron chi connectivity index (χ4n) is 2.84. The summed E-state index contributed by atoms with van der Waals surface area (Å²) in [4.78, 5) is 13.2. The van der Waals surface area contributed by atoms with Crippen LogP contribution >= 0.6 is 0 Å². The van der Waals surface area contributed by atoms with Crippen molar-refractivity contribution in [3.05, 3.63) is 60.0 Å². The van der Waals surface area contributed by atoms with Gasteiger partial charge in [0.25, 0.3) is 0 Å². The van der Waals surface area contributed by atoms with Gasteiger partial charge in [0, 0.05) is 51.5 Å². The van der Waals surface area contributed by atoms with E-state index < -0.39 is 0 Å². The van der Waals surface area contributed by atoms with Gasteiger partial charge in [-0.1, -0.05) is 24.3 Å². The molecule has 126 valence electrons. The summed E-state index contributed by atoms with van der Waals surface area (Å²) >= 11 is 0. The van der Waals surface area contributed by atoms with Gasteiger partial charge in [0.05, 0.1) is 0 Å². The fraction of sp³-hybridized carbons (Fsp3) is 0.333. The van der Waals surface area contributed by atoms with Crippen molar-refractivity contribution < 1.29 is 4.39 Å². The van der Waals surface area contributed by atoms with Crippen LogP contribution in [0.5, 0.6) is 0 Å². The summed E-state index contributed by atoms with van der Waals surface area (Å²) in [6.07, 6.45) is 1.82. The highest BCUT2D eigenvalue weighted by molar-refractivity contribution is 5.80. The maximum Gasteiger partial charge on any atom is 0.194 e. The average molecular weight is 327 g/mol. The number of nitrogens with zero attached hydrogens (tertiary/aromatic N) is 4. The number of guanidine groups is 1. The maximum absolute atomic E-state index is 13.7. The number of aliphatic imine (C=N–C) groups is 1. The SMILES string of the molecule is CN=C(NCc1ccccc1F)N1CCN(c2ccccn2)CC1. The standard InChI is InChI=1S/C18H22FN5/c1-20-18(22-14-15-6-2-3-7-16(15)19)24-12-10-23(11-13-24)17-8-4-5-9-21-17/h2-9H,10-14H2,1H3,(H,20,22). The van der Waals surface area contributed by atoms with E-state index in [0.29, 0.717) is 12.1 Å². The molecule has 1 N–H and O–H groups in total. The number of benzene rings is 1. The van der Waals surface area contributed by atoms with Crippen LogP contribution in [0.4, 0.5) is 10.2 Å². The van der Waals surface area contributed by atoms with Crippen LogP contribution in [-0.2, 0) is 6.54 Å². The molecule has 24 heavy (non-hydrogen) atoms. The largest absolute Gasteiger partial charge is 0.353 e. The van der Waals surface area contributed by atoms with E-state index in [1.807, 2.05) is 30.5 Å². The third-order valence-electron chi connectivity index (χ3n) is 4.16. The van der Waals surface area contributed by atoms with E-state index in [1.165, 1.54) is 6.07 Å². The Morgan fingerprint density at radius 1 is 1.12 bits per heavy atom. The molecule has 3 rings (SSSR count). The summed E-state index contributed by atoms with van der Waals surface area (Å²) in [6, 6.07) is 12.8. The third-order valence-corrected chi connectivity index (χ3v) is 4.16. The van der Waals surface area contributed by atoms with Gasteiger partial charge in [0.2, 0.25) is 0 Å². The molecular weight excluding hydrogens is 305 g/mol. The minimum atomic E-state index is -0.194. The summed E-state index contributed by atoms with van der Waals surface area (Å²) in [7, 11) is 1.76. The number of aromatic nitrogens is 1. The molecule has 1 aromatic heterocycles. The van der Waals surface area contributed by atoms with Gasteiger partial charge in [-0.2, -0.15) is 0 Å². The number of halogens is 1. The predicted molar refractivity (Wildman–Crippen MR) is 94.6 cm³/mol. The molecule has 1 aliphatic rings. The first kappa shape index (κ1) is 16.2. The number of rotatable bonds is 3. The van der Waals surface area contributed by atoms with E-state index in [2.05, 4.69) is 25.1 Å². The molecule has 5 nitrogen and oxygen atoms in total. The van der Waals surface area contributed by atoms with Crippen molar-refractivity contribution >= 4 is 11.8 Å². The lowest BCUT2D eigenvalue weighted by Crippen LogP contribution is -2.52. The molecule has 0 saturated carbocycles. The van der Waals surface area contributed by atoms with Crippen LogP contribution in [0, 0.1) is 5.82 Å². The first-order chi connectivity index (χ1) is 11.8. The Labute approximate surface area is 141 Å². The Balaban J connectivity index is 1.55. The van der Waals surface area contributed by atoms with E-state index in [-0.39, 0.29) is 5.82 Å². The highest BCUT2D eigenvalue weighted by Crippen LogP contribution is 2.13. The van der Waals surface area contributed by atoms with Gasteiger partial charge < -0.3 is 15.1 Å². The number of anilines is 1. The number of hydrogen-bond donors (Lipinski definition) is 1. The minimum Gasteiger partial charge on any atom is -0.353 e. The monoisotopic (exact) mass is 327 g/mol. The average Bonchev–Trinajstić information content (AvgIpc) is 2.65. The van der Waals surface area contributed by atoms with Gasteiger partial charge in [0.15, 0.2) is 5.96 Å². The minimum absolute atomic E-state index is 0.194. The quantitative estimate of drug-likeness (QED) is 0.693. The normalized spacial score (nSPS) is 15.5. The lowest BCUT2D eigenvalue weighted by Gasteiger charge is -2.37. The molecule has 0 spiro atoms. The van der Waals surface area contributed by atoms with Crippen molar-refractivity contribution in [2.45, 2.75) is 6.54 Å². The van der Waals surface area contributed by atoms with Gasteiger partial charge >= 0.3 is 0 Å². The van der Waals surface area contributed by atoms with Crippen molar-refractivity contribution in [3.8, 4) is 0 Å². The molecule has 1 aromatic carbocycles. The Hall–Kier alpha value is -2.63. The third kappa shape index (κ3) is 3.82. The molecule has 1 fully saturated rings. The molecule has 1 aliphatic heterocycles. The molecule has 0 unspecified atom stereocenters. The van der Waals surface area contributed by atoms with Crippen molar-refractivity contribution in [2.24, 2.45) is 4.99 Å². The predicted octanol–water partition coefficient (Wildman–Crippen LogP) is 2.12. The first-order valence-corrected chi connectivity index (χ1v) is 8.13. The zero-order chi connectivity index (χ0) is 16.8. The molecular formula is C18H22FN5. The topological polar surface area (TPSA) is 43.8 Å². The van der Waals surface area contributed by atoms with E-state index in [4.69, 9.17) is 0 Å². The maximum atomic E-state index is 13.7. The van der Waals surface area contributed by atoms with Gasteiger partial charge in [0.1, 0.15) is 11.6 Å². The van der Waals surface area contributed by atoms with Crippen molar-refractivity contribution in [1.29, 1.82) is 0 Å². The lowest BCUT2D eigenvalue weighted by molar-refractivity contribution is 0.371. The molecule has 0 amide bonds. The van der Waals surface area contributed by atoms with Crippen LogP contribution in [0.25, 0.3) is 0 Å². The molecule has 2 aromatic rings. The zero-order valence-corrected chi connectivity index (χ0v) is 13.8. The highest BCUT2D eigenvalue weighted by atomic mass is 19.1. The molecule has 0 radical (unpaired) electrons. The summed E-state index contributed by atoms with van der Waals surface area (Å²) in [5, 5.41) is 3.25. The van der Waals surface area contributed by atoms with Crippen molar-refractivity contribution in [3.63, 3.8) is 0 Å². The summed E-state index contributed by atoms with van der Waals surface area (Å²) in [5.74, 6) is 1.62. The summed E-state index contributed by atoms with van der Waals surface area (Å²) < 4.78 is 13.7. The highest BCUT2D eigenvalue weighted by Gasteiger charge is 2.20. The molecule has 6 heteroatoms. The fourth-order valence-corrected chi connectivity index (χ4v) is 2.84. The van der Waals surface area contributed by atoms with Crippen LogP contribution in [-0.4, -0.2) is 49.1 Å². The second-order valence-electron chi connectivity index (χ2n) is 5.65. The lowest BCUT2D eigenvalue weighted by atomic mass is 10.2. The Bertz CT molecular complexity index is 681. The number of piperazine rings is 1. The molecule has 0 atom stereocenters. The van der Waals surface area contributed by atoms with E-state index in [1.54, 1.807) is 19.2 Å². The van der Waals surface area contributed by atoms with Crippen LogP contribution in [0.3, 0.4) is 0 Å². The smallest absolute Gasteiger partial charge is 0.194 e. The Kier molecular flexibility index (Phi) is 5.25. The molecule has 0 aliphatic carbocycles. The van der Waals surface area contributed by atoms with Gasteiger partial charge in [-0.3, -0.25) is 4.99 Å². The van der Waals surface area contributed by atoms with Gasteiger partial charge in [-0.15, -0.1) is 0 Å². The number of nitrogens with one attached hydrogen (secondary N) is 1. The molecule has 1 saturated heterocycles. The van der Waals surface area contributed by atoms with Gasteiger partial charge in [-0.05, 0) is 18.2 Å². The van der Waals surface area contributed by atoms with Crippen molar-refractivity contribution in [2.75, 3.05) is 38.1 Å². The van der Waals surface area contributed by atoms with E-state index in [0.717, 1.165) is 38.0 Å². The molecule has 2 heterocycles. The number of pyridine rings is 1. The van der Waals surface area contributed by atoms with Crippen LogP contribution < -0.4 is 10.2 Å². The zero-order valence-electron chi connectivity index (χ0n) is 13.8. The van der Waals surface area contributed by atoms with Crippen LogP contribution in [0.2, 0.25) is 0 Å². The Morgan fingerprint density at radius 2 is 1.88 bits per heavy atom. The van der Waals surface area contributed by atoms with Crippen molar-refractivity contribution in [1.82, 2.24) is 15.2 Å². The Morgan fingerprint density at radius 3 is 2.54 bits per heavy atom. The van der Waals surface area contributed by atoms with E-state index in [9.17, 15) is 4.39 Å². The van der Waals surface area contributed by atoms with Crippen LogP contribution in [0.15, 0.2) is 53.7 Å². The van der Waals surface area contributed by atoms with Crippen LogP contribution in [0.1, 0.15) is 5.56 Å². The second-order valence-corrected chi connectivity index (χ2v) is 5.65. The summed E-state index contributed by atoms with van der Waals surface area (Å²) in [6.45, 7) is 3.91.